The van der Waals surface area contributed by atoms with E-state index in [0.717, 1.165) is 13.1 Å². The van der Waals surface area contributed by atoms with Crippen molar-refractivity contribution in [1.82, 2.24) is 10.1 Å². The summed E-state index contributed by atoms with van der Waals surface area (Å²) in [6, 6.07) is 18.5. The quantitative estimate of drug-likeness (QED) is 0.402. The standard InChI is InChI=1S/C27H28N2O4/c1-17-11-18(2)13-20(12-17)23-5-4-10-29(23)16-19-6-9-24(26(14-19)31-3)32-21-7-8-22-25(15-21)33-28-27(22)30/h6-9,11-15,23H,4-5,10,16H2,1-3H3,(H,28,30). The van der Waals surface area contributed by atoms with Crippen LogP contribution in [0.4, 0.5) is 0 Å². The molecule has 1 aliphatic rings. The molecule has 6 nitrogen and oxygen atoms in total. The van der Waals surface area contributed by atoms with Crippen molar-refractivity contribution in [2.24, 2.45) is 0 Å². The third-order valence-electron chi connectivity index (χ3n) is 6.29. The highest BCUT2D eigenvalue weighted by Crippen LogP contribution is 2.37. The van der Waals surface area contributed by atoms with Gasteiger partial charge in [0, 0.05) is 18.7 Å². The summed E-state index contributed by atoms with van der Waals surface area (Å²) in [6.45, 7) is 6.27. The fourth-order valence-electron chi connectivity index (χ4n) is 4.85. The van der Waals surface area contributed by atoms with Crippen LogP contribution in [-0.2, 0) is 6.54 Å². The first-order valence-electron chi connectivity index (χ1n) is 11.3. The lowest BCUT2D eigenvalue weighted by molar-refractivity contribution is 0.248. The molecule has 6 heteroatoms. The molecule has 0 amide bonds. The molecule has 0 radical (unpaired) electrons. The van der Waals surface area contributed by atoms with Crippen LogP contribution in [0.3, 0.4) is 0 Å². The summed E-state index contributed by atoms with van der Waals surface area (Å²) in [4.78, 5) is 14.2. The van der Waals surface area contributed by atoms with E-state index >= 15 is 0 Å². The van der Waals surface area contributed by atoms with Crippen LogP contribution < -0.4 is 15.0 Å². The van der Waals surface area contributed by atoms with Crippen molar-refractivity contribution in [2.75, 3.05) is 13.7 Å². The zero-order chi connectivity index (χ0) is 22.9. The molecule has 3 aromatic carbocycles. The van der Waals surface area contributed by atoms with Crippen molar-refractivity contribution in [1.29, 1.82) is 0 Å². The normalized spacial score (nSPS) is 16.4. The Morgan fingerprint density at radius 1 is 1.03 bits per heavy atom. The number of nitrogens with zero attached hydrogens (tertiary/aromatic N) is 1. The molecular weight excluding hydrogens is 416 g/mol. The van der Waals surface area contributed by atoms with Crippen LogP contribution in [0.15, 0.2) is 63.9 Å². The fraction of sp³-hybridized carbons (Fsp3) is 0.296. The minimum absolute atomic E-state index is 0.250. The number of nitrogens with one attached hydrogen (secondary N) is 1. The third kappa shape index (κ3) is 4.39. The van der Waals surface area contributed by atoms with Gasteiger partial charge in [-0.3, -0.25) is 9.69 Å². The Morgan fingerprint density at radius 2 is 1.85 bits per heavy atom. The van der Waals surface area contributed by atoms with Crippen molar-refractivity contribution in [3.63, 3.8) is 0 Å². The molecular formula is C27H28N2O4. The molecule has 0 spiro atoms. The van der Waals surface area contributed by atoms with E-state index in [0.29, 0.717) is 34.3 Å². The second-order valence-corrected chi connectivity index (χ2v) is 8.83. The maximum absolute atomic E-state index is 11.7. The monoisotopic (exact) mass is 444 g/mol. The summed E-state index contributed by atoms with van der Waals surface area (Å²) in [5, 5.41) is 2.83. The van der Waals surface area contributed by atoms with Gasteiger partial charge >= 0.3 is 0 Å². The highest BCUT2D eigenvalue weighted by molar-refractivity contribution is 5.77. The predicted molar refractivity (Wildman–Crippen MR) is 128 cm³/mol. The van der Waals surface area contributed by atoms with Gasteiger partial charge in [-0.1, -0.05) is 35.4 Å². The van der Waals surface area contributed by atoms with E-state index in [9.17, 15) is 4.79 Å². The van der Waals surface area contributed by atoms with Crippen LogP contribution in [0, 0.1) is 13.8 Å². The van der Waals surface area contributed by atoms with Crippen molar-refractivity contribution in [2.45, 2.75) is 39.3 Å². The van der Waals surface area contributed by atoms with Crippen molar-refractivity contribution < 1.29 is 14.0 Å². The third-order valence-corrected chi connectivity index (χ3v) is 6.29. The summed E-state index contributed by atoms with van der Waals surface area (Å²) in [5.74, 6) is 1.86. The summed E-state index contributed by atoms with van der Waals surface area (Å²) in [7, 11) is 1.65. The van der Waals surface area contributed by atoms with Crippen LogP contribution in [0.25, 0.3) is 11.0 Å². The van der Waals surface area contributed by atoms with Gasteiger partial charge < -0.3 is 14.0 Å². The Morgan fingerprint density at radius 3 is 2.64 bits per heavy atom. The second kappa shape index (κ2) is 8.79. The van der Waals surface area contributed by atoms with Gasteiger partial charge in [0.1, 0.15) is 5.75 Å². The molecule has 33 heavy (non-hydrogen) atoms. The van der Waals surface area contributed by atoms with Crippen LogP contribution in [0.2, 0.25) is 0 Å². The minimum atomic E-state index is -0.250. The number of methoxy groups -OCH3 is 1. The number of fused-ring (bicyclic) bond motifs is 1. The topological polar surface area (TPSA) is 67.7 Å². The molecule has 2 heterocycles. The van der Waals surface area contributed by atoms with E-state index in [-0.39, 0.29) is 5.56 Å². The molecule has 1 aliphatic heterocycles. The summed E-state index contributed by atoms with van der Waals surface area (Å²) in [5.41, 5.74) is 5.43. The van der Waals surface area contributed by atoms with Gasteiger partial charge in [-0.05, 0) is 68.6 Å². The smallest absolute Gasteiger partial charge is 0.287 e. The maximum atomic E-state index is 11.7. The molecule has 1 saturated heterocycles. The fourth-order valence-corrected chi connectivity index (χ4v) is 4.85. The van der Waals surface area contributed by atoms with Crippen LogP contribution >= 0.6 is 0 Å². The molecule has 170 valence electrons. The minimum Gasteiger partial charge on any atom is -0.493 e. The van der Waals surface area contributed by atoms with E-state index in [2.05, 4.69) is 48.2 Å². The van der Waals surface area contributed by atoms with Crippen molar-refractivity contribution >= 4 is 11.0 Å². The summed E-state index contributed by atoms with van der Waals surface area (Å²) in [6.07, 6.45) is 2.38. The van der Waals surface area contributed by atoms with Gasteiger partial charge in [-0.15, -0.1) is 0 Å². The Labute approximate surface area is 192 Å². The largest absolute Gasteiger partial charge is 0.493 e. The number of hydrogen-bond acceptors (Lipinski definition) is 5. The average Bonchev–Trinajstić information content (AvgIpc) is 3.40. The summed E-state index contributed by atoms with van der Waals surface area (Å²) < 4.78 is 16.9. The van der Waals surface area contributed by atoms with Gasteiger partial charge in [0.05, 0.1) is 12.5 Å². The first-order valence-corrected chi connectivity index (χ1v) is 11.3. The first kappa shape index (κ1) is 21.3. The number of benzene rings is 3. The number of hydrogen-bond donors (Lipinski definition) is 1. The van der Waals surface area contributed by atoms with Crippen LogP contribution in [-0.4, -0.2) is 23.7 Å². The second-order valence-electron chi connectivity index (χ2n) is 8.83. The van der Waals surface area contributed by atoms with Crippen LogP contribution in [0.5, 0.6) is 17.2 Å². The van der Waals surface area contributed by atoms with Gasteiger partial charge in [0.25, 0.3) is 5.56 Å². The number of likely N-dealkylation sites (tertiary alicyclic amines) is 1. The van der Waals surface area contributed by atoms with E-state index in [1.54, 1.807) is 25.3 Å². The number of ether oxygens (including phenoxy) is 2. The number of H-pyrrole nitrogens is 1. The average molecular weight is 445 g/mol. The molecule has 1 N–H and O–H groups in total. The van der Waals surface area contributed by atoms with Gasteiger partial charge in [0.15, 0.2) is 17.1 Å². The highest BCUT2D eigenvalue weighted by atomic mass is 16.5. The molecule has 1 unspecified atom stereocenters. The molecule has 1 aromatic heterocycles. The first-order chi connectivity index (χ1) is 16.0. The lowest BCUT2D eigenvalue weighted by Gasteiger charge is -2.26. The van der Waals surface area contributed by atoms with E-state index in [1.807, 2.05) is 12.1 Å². The molecule has 1 atom stereocenters. The zero-order valence-corrected chi connectivity index (χ0v) is 19.2. The molecule has 0 aliphatic carbocycles. The summed E-state index contributed by atoms with van der Waals surface area (Å²) >= 11 is 0. The lowest BCUT2D eigenvalue weighted by atomic mass is 9.99. The molecule has 4 aromatic rings. The lowest BCUT2D eigenvalue weighted by Crippen LogP contribution is -2.23. The zero-order valence-electron chi connectivity index (χ0n) is 19.2. The van der Waals surface area contributed by atoms with E-state index in [1.165, 1.54) is 35.1 Å². The Kier molecular flexibility index (Phi) is 5.68. The van der Waals surface area contributed by atoms with E-state index < -0.39 is 0 Å². The SMILES string of the molecule is COc1cc(CN2CCCC2c2cc(C)cc(C)c2)ccc1Oc1ccc2c(=O)[nH]oc2c1. The van der Waals surface area contributed by atoms with E-state index in [4.69, 9.17) is 14.0 Å². The molecule has 5 rings (SSSR count). The van der Waals surface area contributed by atoms with Gasteiger partial charge in [0.2, 0.25) is 0 Å². The Bertz CT molecular complexity index is 1330. The molecule has 0 saturated carbocycles. The van der Waals surface area contributed by atoms with Gasteiger partial charge in [-0.25, -0.2) is 0 Å². The van der Waals surface area contributed by atoms with Crippen molar-refractivity contribution in [3.8, 4) is 17.2 Å². The van der Waals surface area contributed by atoms with Crippen molar-refractivity contribution in [3.05, 3.63) is 87.2 Å². The number of aromatic nitrogens is 1. The van der Waals surface area contributed by atoms with Crippen LogP contribution in [0.1, 0.15) is 41.1 Å². The molecule has 1 fully saturated rings. The number of aromatic amines is 1. The maximum Gasteiger partial charge on any atom is 0.287 e. The Balaban J connectivity index is 1.35. The Hall–Kier alpha value is -3.51. The number of rotatable bonds is 6. The van der Waals surface area contributed by atoms with Gasteiger partial charge in [-0.2, -0.15) is 5.16 Å². The molecule has 0 bridgehead atoms. The predicted octanol–water partition coefficient (Wildman–Crippen LogP) is 5.88. The number of aryl methyl sites for hydroxylation is 2. The highest BCUT2D eigenvalue weighted by Gasteiger charge is 2.26.